The molecule has 0 saturated carbocycles. The predicted octanol–water partition coefficient (Wildman–Crippen LogP) is 4.50. The number of benzene rings is 2. The van der Waals surface area contributed by atoms with Crippen LogP contribution in [0.15, 0.2) is 36.4 Å². The van der Waals surface area contributed by atoms with Gasteiger partial charge < -0.3 is 20.1 Å². The number of nitrogens with two attached hydrogens (primary N) is 1. The number of hydrogen-bond donors (Lipinski definition) is 1. The molecule has 1 atom stereocenters. The number of rotatable bonds is 9. The lowest BCUT2D eigenvalue weighted by Gasteiger charge is -2.22. The van der Waals surface area contributed by atoms with Crippen molar-refractivity contribution in [2.75, 3.05) is 32.8 Å². The number of nitrogens with zero attached hydrogens (tertiary/aromatic N) is 1. The third kappa shape index (κ3) is 6.03. The maximum atomic E-state index is 12.6. The van der Waals surface area contributed by atoms with E-state index in [4.69, 9.17) is 38.4 Å². The van der Waals surface area contributed by atoms with Crippen LogP contribution in [-0.4, -0.2) is 43.7 Å². The fourth-order valence-electron chi connectivity index (χ4n) is 3.60. The Balaban J connectivity index is 1.47. The number of amides is 1. The van der Waals surface area contributed by atoms with E-state index >= 15 is 0 Å². The standard InChI is InChI=1S/C23H28Cl2N2O3/c1-16-12-20(24)22(21(25)13-16)30-11-10-29-19-6-4-17(5-7-19)14-18(15-26)23(28)27-8-2-3-9-27/h4-7,12-13,18H,2-3,8-11,14-15,26H2,1H3. The van der Waals surface area contributed by atoms with Crippen LogP contribution in [0, 0.1) is 12.8 Å². The fourth-order valence-corrected chi connectivity index (χ4v) is 4.31. The van der Waals surface area contributed by atoms with Crippen LogP contribution < -0.4 is 15.2 Å². The summed E-state index contributed by atoms with van der Waals surface area (Å²) < 4.78 is 11.4. The molecular weight excluding hydrogens is 423 g/mol. The van der Waals surface area contributed by atoms with Gasteiger partial charge in [-0.3, -0.25) is 4.79 Å². The molecule has 0 bridgehead atoms. The average molecular weight is 451 g/mol. The number of halogens is 2. The van der Waals surface area contributed by atoms with E-state index in [1.165, 1.54) is 0 Å². The summed E-state index contributed by atoms with van der Waals surface area (Å²) in [5, 5.41) is 0.976. The van der Waals surface area contributed by atoms with E-state index in [0.29, 0.717) is 42.0 Å². The van der Waals surface area contributed by atoms with Crippen molar-refractivity contribution in [1.29, 1.82) is 0 Å². The third-order valence-corrected chi connectivity index (χ3v) is 5.76. The molecule has 1 saturated heterocycles. The molecule has 1 heterocycles. The van der Waals surface area contributed by atoms with Gasteiger partial charge in [-0.2, -0.15) is 0 Å². The lowest BCUT2D eigenvalue weighted by atomic mass is 9.98. The van der Waals surface area contributed by atoms with Gasteiger partial charge in [-0.15, -0.1) is 0 Å². The molecule has 1 aliphatic rings. The molecule has 1 amide bonds. The molecule has 0 radical (unpaired) electrons. The molecule has 3 rings (SSSR count). The molecule has 1 aliphatic heterocycles. The number of aryl methyl sites for hydroxylation is 1. The average Bonchev–Trinajstić information content (AvgIpc) is 3.26. The van der Waals surface area contributed by atoms with Gasteiger partial charge in [0.25, 0.3) is 0 Å². The number of likely N-dealkylation sites (tertiary alicyclic amines) is 1. The van der Waals surface area contributed by atoms with E-state index in [1.54, 1.807) is 0 Å². The summed E-state index contributed by atoms with van der Waals surface area (Å²) in [4.78, 5) is 14.5. The Morgan fingerprint density at radius 2 is 1.67 bits per heavy atom. The summed E-state index contributed by atoms with van der Waals surface area (Å²) in [6.07, 6.45) is 2.81. The molecule has 0 spiro atoms. The topological polar surface area (TPSA) is 64.8 Å². The van der Waals surface area contributed by atoms with Crippen LogP contribution >= 0.6 is 23.2 Å². The second-order valence-electron chi connectivity index (χ2n) is 7.57. The van der Waals surface area contributed by atoms with Gasteiger partial charge >= 0.3 is 0 Å². The van der Waals surface area contributed by atoms with E-state index < -0.39 is 0 Å². The largest absolute Gasteiger partial charge is 0.490 e. The van der Waals surface area contributed by atoms with Gasteiger partial charge in [0.15, 0.2) is 5.75 Å². The second-order valence-corrected chi connectivity index (χ2v) is 8.38. The Morgan fingerprint density at radius 3 is 2.27 bits per heavy atom. The number of hydrogen-bond acceptors (Lipinski definition) is 4. The van der Waals surface area contributed by atoms with Crippen molar-refractivity contribution in [1.82, 2.24) is 4.90 Å². The molecule has 0 aromatic heterocycles. The normalized spacial score (nSPS) is 14.6. The zero-order valence-corrected chi connectivity index (χ0v) is 18.7. The molecule has 30 heavy (non-hydrogen) atoms. The van der Waals surface area contributed by atoms with Crippen LogP contribution in [0.2, 0.25) is 10.0 Å². The van der Waals surface area contributed by atoms with Crippen LogP contribution in [0.3, 0.4) is 0 Å². The quantitative estimate of drug-likeness (QED) is 0.571. The van der Waals surface area contributed by atoms with Gasteiger partial charge in [-0.25, -0.2) is 0 Å². The second kappa shape index (κ2) is 10.9. The minimum absolute atomic E-state index is 0.168. The minimum atomic E-state index is -0.174. The summed E-state index contributed by atoms with van der Waals surface area (Å²) in [7, 11) is 0. The van der Waals surface area contributed by atoms with Crippen LogP contribution in [-0.2, 0) is 11.2 Å². The Bertz CT molecular complexity index is 829. The third-order valence-electron chi connectivity index (χ3n) is 5.20. The number of ether oxygens (including phenoxy) is 2. The highest BCUT2D eigenvalue weighted by molar-refractivity contribution is 6.37. The van der Waals surface area contributed by atoms with Crippen molar-refractivity contribution >= 4 is 29.1 Å². The minimum Gasteiger partial charge on any atom is -0.490 e. The predicted molar refractivity (Wildman–Crippen MR) is 121 cm³/mol. The number of carbonyl (C=O) groups is 1. The molecule has 0 aliphatic carbocycles. The Morgan fingerprint density at radius 1 is 1.07 bits per heavy atom. The van der Waals surface area contributed by atoms with E-state index in [9.17, 15) is 4.79 Å². The molecule has 1 unspecified atom stereocenters. The fraction of sp³-hybridized carbons (Fsp3) is 0.435. The summed E-state index contributed by atoms with van der Waals surface area (Å²) in [6, 6.07) is 11.4. The van der Waals surface area contributed by atoms with Crippen LogP contribution in [0.1, 0.15) is 24.0 Å². The zero-order chi connectivity index (χ0) is 21.5. The first-order valence-corrected chi connectivity index (χ1v) is 11.0. The lowest BCUT2D eigenvalue weighted by molar-refractivity contribution is -0.134. The van der Waals surface area contributed by atoms with Crippen molar-refractivity contribution in [2.24, 2.45) is 11.7 Å². The van der Waals surface area contributed by atoms with Crippen molar-refractivity contribution in [3.05, 3.63) is 57.6 Å². The highest BCUT2D eigenvalue weighted by Crippen LogP contribution is 2.33. The maximum Gasteiger partial charge on any atom is 0.227 e. The van der Waals surface area contributed by atoms with E-state index in [-0.39, 0.29) is 11.8 Å². The summed E-state index contributed by atoms with van der Waals surface area (Å²) >= 11 is 12.4. The van der Waals surface area contributed by atoms with Gasteiger partial charge in [0.1, 0.15) is 19.0 Å². The summed E-state index contributed by atoms with van der Waals surface area (Å²) in [5.74, 6) is 1.20. The Labute approximate surface area is 188 Å². The Hall–Kier alpha value is -1.95. The van der Waals surface area contributed by atoms with Gasteiger partial charge in [-0.1, -0.05) is 35.3 Å². The first kappa shape index (κ1) is 22.7. The monoisotopic (exact) mass is 450 g/mol. The van der Waals surface area contributed by atoms with E-state index in [2.05, 4.69) is 0 Å². The summed E-state index contributed by atoms with van der Waals surface area (Å²) in [5.41, 5.74) is 7.92. The first-order chi connectivity index (χ1) is 14.5. The van der Waals surface area contributed by atoms with Gasteiger partial charge in [-0.05, 0) is 61.6 Å². The van der Waals surface area contributed by atoms with Crippen LogP contribution in [0.25, 0.3) is 0 Å². The number of carbonyl (C=O) groups excluding carboxylic acids is 1. The molecule has 2 aromatic carbocycles. The molecular formula is C23H28Cl2N2O3. The zero-order valence-electron chi connectivity index (χ0n) is 17.2. The molecule has 2 N–H and O–H groups in total. The lowest BCUT2D eigenvalue weighted by Crippen LogP contribution is -2.38. The van der Waals surface area contributed by atoms with Crippen molar-refractivity contribution in [3.8, 4) is 11.5 Å². The van der Waals surface area contributed by atoms with E-state index in [0.717, 1.165) is 42.8 Å². The SMILES string of the molecule is Cc1cc(Cl)c(OCCOc2ccc(CC(CN)C(=O)N3CCCC3)cc2)c(Cl)c1. The van der Waals surface area contributed by atoms with Crippen molar-refractivity contribution in [2.45, 2.75) is 26.2 Å². The van der Waals surface area contributed by atoms with Crippen LogP contribution in [0.5, 0.6) is 11.5 Å². The molecule has 5 nitrogen and oxygen atoms in total. The van der Waals surface area contributed by atoms with Gasteiger partial charge in [0.05, 0.1) is 16.0 Å². The first-order valence-electron chi connectivity index (χ1n) is 10.3. The van der Waals surface area contributed by atoms with E-state index in [1.807, 2.05) is 48.2 Å². The maximum absolute atomic E-state index is 12.6. The molecule has 162 valence electrons. The molecule has 1 fully saturated rings. The van der Waals surface area contributed by atoms with Crippen LogP contribution in [0.4, 0.5) is 0 Å². The van der Waals surface area contributed by atoms with Gasteiger partial charge in [0, 0.05) is 19.6 Å². The highest BCUT2D eigenvalue weighted by atomic mass is 35.5. The highest BCUT2D eigenvalue weighted by Gasteiger charge is 2.25. The Kier molecular flexibility index (Phi) is 8.25. The smallest absolute Gasteiger partial charge is 0.227 e. The molecule has 2 aromatic rings. The van der Waals surface area contributed by atoms with Crippen molar-refractivity contribution < 1.29 is 14.3 Å². The molecule has 7 heteroatoms. The van der Waals surface area contributed by atoms with Gasteiger partial charge in [0.2, 0.25) is 5.91 Å². The summed E-state index contributed by atoms with van der Waals surface area (Å²) in [6.45, 7) is 4.66. The van der Waals surface area contributed by atoms with Crippen molar-refractivity contribution in [3.63, 3.8) is 0 Å².